The molecule has 1 amide bonds. The smallest absolute Gasteiger partial charge is 0.342 e. The lowest BCUT2D eigenvalue weighted by atomic mass is 10.2. The number of benzene rings is 2. The Hall–Kier alpha value is -2.18. The molecular weight excluding hydrogens is 362 g/mol. The minimum atomic E-state index is -0.594. The molecule has 0 aliphatic rings. The van der Waals surface area contributed by atoms with Crippen LogP contribution in [0.3, 0.4) is 0 Å². The summed E-state index contributed by atoms with van der Waals surface area (Å²) in [6.45, 7) is 0.140. The SMILES string of the molecule is COc1ccccc1C(=O)OCC(=O)NCCSc1ccc(Cl)cc1. The standard InChI is InChI=1S/C18H18ClNO4S/c1-23-16-5-3-2-4-15(16)18(22)24-12-17(21)20-10-11-25-14-8-6-13(19)7-9-14/h2-9H,10-12H2,1H3,(H,20,21). The summed E-state index contributed by atoms with van der Waals surface area (Å²) in [5.41, 5.74) is 0.288. The van der Waals surface area contributed by atoms with Gasteiger partial charge < -0.3 is 14.8 Å². The average Bonchev–Trinajstić information content (AvgIpc) is 2.64. The monoisotopic (exact) mass is 379 g/mol. The summed E-state index contributed by atoms with van der Waals surface area (Å²) in [6.07, 6.45) is 0. The minimum Gasteiger partial charge on any atom is -0.496 e. The highest BCUT2D eigenvalue weighted by molar-refractivity contribution is 7.99. The lowest BCUT2D eigenvalue weighted by Crippen LogP contribution is -2.30. The Labute approximate surface area is 155 Å². The van der Waals surface area contributed by atoms with Crippen molar-refractivity contribution in [3.63, 3.8) is 0 Å². The van der Waals surface area contributed by atoms with Gasteiger partial charge in [0.05, 0.1) is 7.11 Å². The van der Waals surface area contributed by atoms with Gasteiger partial charge in [0.25, 0.3) is 5.91 Å². The van der Waals surface area contributed by atoms with Crippen LogP contribution in [0.4, 0.5) is 0 Å². The molecule has 0 spiro atoms. The zero-order valence-corrected chi connectivity index (χ0v) is 15.2. The van der Waals surface area contributed by atoms with Gasteiger partial charge in [0.2, 0.25) is 0 Å². The Bertz CT molecular complexity index is 721. The van der Waals surface area contributed by atoms with Crippen LogP contribution in [0, 0.1) is 0 Å². The molecule has 2 aromatic carbocycles. The number of esters is 1. The van der Waals surface area contributed by atoms with E-state index in [4.69, 9.17) is 21.1 Å². The van der Waals surface area contributed by atoms with Crippen molar-refractivity contribution in [2.24, 2.45) is 0 Å². The Morgan fingerprint density at radius 1 is 1.12 bits per heavy atom. The van der Waals surface area contributed by atoms with Crippen molar-refractivity contribution < 1.29 is 19.1 Å². The molecule has 132 valence electrons. The summed E-state index contributed by atoms with van der Waals surface area (Å²) in [5.74, 6) is 0.170. The quantitative estimate of drug-likeness (QED) is 0.432. The highest BCUT2D eigenvalue weighted by Gasteiger charge is 2.14. The van der Waals surface area contributed by atoms with Crippen LogP contribution >= 0.6 is 23.4 Å². The van der Waals surface area contributed by atoms with Gasteiger partial charge >= 0.3 is 5.97 Å². The van der Waals surface area contributed by atoms with Gasteiger partial charge in [-0.2, -0.15) is 0 Å². The van der Waals surface area contributed by atoms with Crippen LogP contribution in [0.25, 0.3) is 0 Å². The van der Waals surface area contributed by atoms with Crippen LogP contribution < -0.4 is 10.1 Å². The van der Waals surface area contributed by atoms with Crippen LogP contribution in [-0.2, 0) is 9.53 Å². The zero-order valence-electron chi connectivity index (χ0n) is 13.7. The van der Waals surface area contributed by atoms with Crippen LogP contribution in [0.2, 0.25) is 5.02 Å². The van der Waals surface area contributed by atoms with Gasteiger partial charge in [-0.15, -0.1) is 11.8 Å². The lowest BCUT2D eigenvalue weighted by molar-refractivity contribution is -0.124. The molecule has 0 saturated carbocycles. The van der Waals surface area contributed by atoms with Gasteiger partial charge in [0, 0.05) is 22.2 Å². The Morgan fingerprint density at radius 2 is 1.84 bits per heavy atom. The highest BCUT2D eigenvalue weighted by Crippen LogP contribution is 2.20. The molecular formula is C18H18ClNO4S. The summed E-state index contributed by atoms with van der Waals surface area (Å²) < 4.78 is 10.1. The van der Waals surface area contributed by atoms with Crippen LogP contribution in [0.1, 0.15) is 10.4 Å². The fraction of sp³-hybridized carbons (Fsp3) is 0.222. The fourth-order valence-corrected chi connectivity index (χ4v) is 2.86. The van der Waals surface area contributed by atoms with Crippen molar-refractivity contribution in [3.8, 4) is 5.75 Å². The maximum Gasteiger partial charge on any atom is 0.342 e. The summed E-state index contributed by atoms with van der Waals surface area (Å²) in [7, 11) is 1.47. The summed E-state index contributed by atoms with van der Waals surface area (Å²) in [6, 6.07) is 14.2. The Morgan fingerprint density at radius 3 is 2.56 bits per heavy atom. The predicted molar refractivity (Wildman–Crippen MR) is 98.5 cm³/mol. The maximum absolute atomic E-state index is 12.0. The number of hydrogen-bond acceptors (Lipinski definition) is 5. The molecule has 0 heterocycles. The molecule has 0 aliphatic heterocycles. The molecule has 1 N–H and O–H groups in total. The number of carbonyl (C=O) groups excluding carboxylic acids is 2. The first-order chi connectivity index (χ1) is 12.1. The number of nitrogens with one attached hydrogen (secondary N) is 1. The number of carbonyl (C=O) groups is 2. The minimum absolute atomic E-state index is 0.288. The topological polar surface area (TPSA) is 64.6 Å². The largest absolute Gasteiger partial charge is 0.496 e. The number of rotatable bonds is 8. The van der Waals surface area contributed by atoms with E-state index >= 15 is 0 Å². The van der Waals surface area contributed by atoms with Crippen molar-refractivity contribution in [1.82, 2.24) is 5.32 Å². The molecule has 0 radical (unpaired) electrons. The Balaban J connectivity index is 1.68. The van der Waals surface area contributed by atoms with Crippen LogP contribution in [-0.4, -0.2) is 37.9 Å². The van der Waals surface area contributed by atoms with Crippen molar-refractivity contribution in [3.05, 3.63) is 59.1 Å². The average molecular weight is 380 g/mol. The number of halogens is 1. The molecule has 0 fully saturated rings. The molecule has 2 rings (SSSR count). The van der Waals surface area contributed by atoms with Gasteiger partial charge in [-0.3, -0.25) is 4.79 Å². The molecule has 0 aromatic heterocycles. The second-order valence-electron chi connectivity index (χ2n) is 4.93. The number of ether oxygens (including phenoxy) is 2. The first kappa shape index (κ1) is 19.1. The van der Waals surface area contributed by atoms with E-state index in [-0.39, 0.29) is 18.1 Å². The summed E-state index contributed by atoms with van der Waals surface area (Å²) >= 11 is 7.42. The second-order valence-corrected chi connectivity index (χ2v) is 6.53. The van der Waals surface area contributed by atoms with Crippen molar-refractivity contribution in [1.29, 1.82) is 0 Å². The van der Waals surface area contributed by atoms with Gasteiger partial charge in [0.1, 0.15) is 11.3 Å². The molecule has 5 nitrogen and oxygen atoms in total. The first-order valence-electron chi connectivity index (χ1n) is 7.55. The van der Waals surface area contributed by atoms with Gasteiger partial charge in [-0.25, -0.2) is 4.79 Å². The number of para-hydroxylation sites is 1. The number of thioether (sulfide) groups is 1. The van der Waals surface area contributed by atoms with Crippen LogP contribution in [0.5, 0.6) is 5.75 Å². The van der Waals surface area contributed by atoms with Crippen molar-refractivity contribution in [2.75, 3.05) is 26.0 Å². The molecule has 25 heavy (non-hydrogen) atoms. The van der Waals surface area contributed by atoms with E-state index in [1.54, 1.807) is 36.0 Å². The molecule has 0 aliphatic carbocycles. The van der Waals surface area contributed by atoms with Crippen molar-refractivity contribution >= 4 is 35.2 Å². The predicted octanol–water partition coefficient (Wildman–Crippen LogP) is 3.41. The normalized spacial score (nSPS) is 10.2. The van der Waals surface area contributed by atoms with Crippen molar-refractivity contribution in [2.45, 2.75) is 4.90 Å². The lowest BCUT2D eigenvalue weighted by Gasteiger charge is -2.09. The number of methoxy groups -OCH3 is 1. The second kappa shape index (κ2) is 9.96. The molecule has 0 bridgehead atoms. The van der Waals surface area contributed by atoms with Gasteiger partial charge in [-0.05, 0) is 36.4 Å². The number of amides is 1. The first-order valence-corrected chi connectivity index (χ1v) is 8.91. The van der Waals surface area contributed by atoms with E-state index in [9.17, 15) is 9.59 Å². The summed E-state index contributed by atoms with van der Waals surface area (Å²) in [5, 5.41) is 3.39. The van der Waals surface area contributed by atoms with E-state index in [0.29, 0.717) is 23.1 Å². The molecule has 0 atom stereocenters. The third-order valence-electron chi connectivity index (χ3n) is 3.17. The molecule has 2 aromatic rings. The molecule has 0 unspecified atom stereocenters. The van der Waals surface area contributed by atoms with E-state index in [2.05, 4.69) is 5.32 Å². The van der Waals surface area contributed by atoms with E-state index in [1.165, 1.54) is 7.11 Å². The maximum atomic E-state index is 12.0. The zero-order chi connectivity index (χ0) is 18.1. The summed E-state index contributed by atoms with van der Waals surface area (Å²) in [4.78, 5) is 24.8. The fourth-order valence-electron chi connectivity index (χ4n) is 1.96. The van der Waals surface area contributed by atoms with Crippen LogP contribution in [0.15, 0.2) is 53.4 Å². The third-order valence-corrected chi connectivity index (χ3v) is 4.43. The Kier molecular flexibility index (Phi) is 7.63. The third kappa shape index (κ3) is 6.32. The number of hydrogen-bond donors (Lipinski definition) is 1. The highest BCUT2D eigenvalue weighted by atomic mass is 35.5. The van der Waals surface area contributed by atoms with Gasteiger partial charge in [0.15, 0.2) is 6.61 Å². The molecule has 7 heteroatoms. The van der Waals surface area contributed by atoms with Gasteiger partial charge in [-0.1, -0.05) is 23.7 Å². The van der Waals surface area contributed by atoms with E-state index in [1.807, 2.05) is 24.3 Å². The molecule has 0 saturated heterocycles. The van der Waals surface area contributed by atoms with E-state index < -0.39 is 5.97 Å². The van der Waals surface area contributed by atoms with E-state index in [0.717, 1.165) is 4.90 Å².